The van der Waals surface area contributed by atoms with Crippen LogP contribution in [0, 0.1) is 0 Å². The third-order valence-corrected chi connectivity index (χ3v) is 6.80. The first-order valence-corrected chi connectivity index (χ1v) is 14.4. The van der Waals surface area contributed by atoms with Gasteiger partial charge in [-0.05, 0) is 12.5 Å². The van der Waals surface area contributed by atoms with Gasteiger partial charge in [-0.2, -0.15) is 4.98 Å². The van der Waals surface area contributed by atoms with E-state index in [1.165, 1.54) is 101 Å². The first-order valence-electron chi connectivity index (χ1n) is 14.4. The Balaban J connectivity index is 1.41. The van der Waals surface area contributed by atoms with Gasteiger partial charge in [0.25, 0.3) is 0 Å². The van der Waals surface area contributed by atoms with Crippen molar-refractivity contribution in [2.45, 2.75) is 135 Å². The van der Waals surface area contributed by atoms with Crippen LogP contribution in [-0.2, 0) is 14.3 Å². The maximum Gasteiger partial charge on any atom is 0.351 e. The Morgan fingerprint density at radius 1 is 0.944 bits per heavy atom. The summed E-state index contributed by atoms with van der Waals surface area (Å²) in [6.07, 6.45) is 22.9. The van der Waals surface area contributed by atoms with Crippen LogP contribution in [-0.4, -0.2) is 40.1 Å². The van der Waals surface area contributed by atoms with Crippen LogP contribution < -0.4 is 11.0 Å². The molecule has 0 radical (unpaired) electrons. The van der Waals surface area contributed by atoms with Crippen LogP contribution in [0.3, 0.4) is 0 Å². The van der Waals surface area contributed by atoms with Crippen molar-refractivity contribution in [1.82, 2.24) is 9.55 Å². The first kappa shape index (κ1) is 30.5. The molecular weight excluding hydrogens is 458 g/mol. The number of anilines is 1. The SMILES string of the molecule is CCCCCCCCCCCCCCCCCCCC(=O)Nc1ccn([C@@H]2CO[C@H](CO)O2)c(=O)n1. The van der Waals surface area contributed by atoms with E-state index in [0.29, 0.717) is 6.42 Å². The fourth-order valence-corrected chi connectivity index (χ4v) is 4.60. The molecule has 1 aromatic rings. The molecule has 1 saturated heterocycles. The second-order valence-electron chi connectivity index (χ2n) is 9.99. The lowest BCUT2D eigenvalue weighted by atomic mass is 10.0. The van der Waals surface area contributed by atoms with Crippen LogP contribution in [0.1, 0.15) is 129 Å². The van der Waals surface area contributed by atoms with Crippen LogP contribution in [0.4, 0.5) is 5.82 Å². The van der Waals surface area contributed by atoms with Crippen molar-refractivity contribution in [3.05, 3.63) is 22.7 Å². The number of carbonyl (C=O) groups excluding carboxylic acids is 1. The van der Waals surface area contributed by atoms with Gasteiger partial charge in [-0.25, -0.2) is 4.79 Å². The van der Waals surface area contributed by atoms with Gasteiger partial charge in [0.05, 0.1) is 13.2 Å². The van der Waals surface area contributed by atoms with Gasteiger partial charge in [0.15, 0.2) is 12.5 Å². The van der Waals surface area contributed by atoms with E-state index in [4.69, 9.17) is 14.6 Å². The van der Waals surface area contributed by atoms with Gasteiger partial charge in [-0.1, -0.05) is 110 Å². The Kier molecular flexibility index (Phi) is 16.4. The summed E-state index contributed by atoms with van der Waals surface area (Å²) in [7, 11) is 0. The summed E-state index contributed by atoms with van der Waals surface area (Å²) in [6, 6.07) is 1.57. The third-order valence-electron chi connectivity index (χ3n) is 6.80. The van der Waals surface area contributed by atoms with Crippen molar-refractivity contribution in [2.75, 3.05) is 18.5 Å². The number of hydrogen-bond donors (Lipinski definition) is 2. The van der Waals surface area contributed by atoms with Crippen LogP contribution in [0.15, 0.2) is 17.1 Å². The second-order valence-corrected chi connectivity index (χ2v) is 9.99. The van der Waals surface area contributed by atoms with Crippen molar-refractivity contribution >= 4 is 11.7 Å². The van der Waals surface area contributed by atoms with E-state index in [2.05, 4.69) is 17.2 Å². The van der Waals surface area contributed by atoms with Crippen molar-refractivity contribution in [3.8, 4) is 0 Å². The van der Waals surface area contributed by atoms with Gasteiger partial charge in [0.2, 0.25) is 5.91 Å². The number of unbranched alkanes of at least 4 members (excludes halogenated alkanes) is 16. The molecular formula is C28H49N3O5. The molecule has 1 aliphatic rings. The average molecular weight is 508 g/mol. The smallest absolute Gasteiger partial charge is 0.351 e. The molecule has 2 N–H and O–H groups in total. The fraction of sp³-hybridized carbons (Fsp3) is 0.821. The van der Waals surface area contributed by atoms with Crippen molar-refractivity contribution in [1.29, 1.82) is 0 Å². The minimum Gasteiger partial charge on any atom is -0.391 e. The number of nitrogens with zero attached hydrogens (tertiary/aromatic N) is 2. The zero-order valence-electron chi connectivity index (χ0n) is 22.4. The lowest BCUT2D eigenvalue weighted by molar-refractivity contribution is -0.116. The predicted molar refractivity (Wildman–Crippen MR) is 143 cm³/mol. The second kappa shape index (κ2) is 19.4. The number of nitrogens with one attached hydrogen (secondary N) is 1. The molecule has 1 aromatic heterocycles. The summed E-state index contributed by atoms with van der Waals surface area (Å²) in [6.45, 7) is 2.16. The van der Waals surface area contributed by atoms with Gasteiger partial charge in [0, 0.05) is 12.6 Å². The van der Waals surface area contributed by atoms with Crippen LogP contribution in [0.2, 0.25) is 0 Å². The molecule has 206 valence electrons. The maximum absolute atomic E-state index is 12.2. The number of carbonyl (C=O) groups is 1. The fourth-order valence-electron chi connectivity index (χ4n) is 4.60. The molecule has 36 heavy (non-hydrogen) atoms. The highest BCUT2D eigenvalue weighted by atomic mass is 16.7. The minimum atomic E-state index is -0.731. The molecule has 8 nitrogen and oxygen atoms in total. The zero-order chi connectivity index (χ0) is 25.8. The monoisotopic (exact) mass is 507 g/mol. The van der Waals surface area contributed by atoms with Crippen LogP contribution in [0.25, 0.3) is 0 Å². The minimum absolute atomic E-state index is 0.124. The van der Waals surface area contributed by atoms with E-state index >= 15 is 0 Å². The molecule has 0 saturated carbocycles. The molecule has 1 fully saturated rings. The molecule has 1 amide bonds. The number of rotatable bonds is 21. The molecule has 0 aliphatic carbocycles. The number of amides is 1. The summed E-state index contributed by atoms with van der Waals surface area (Å²) in [4.78, 5) is 28.3. The molecule has 0 bridgehead atoms. The maximum atomic E-state index is 12.2. The number of aliphatic hydroxyl groups excluding tert-OH is 1. The predicted octanol–water partition coefficient (Wildman–Crippen LogP) is 6.09. The van der Waals surface area contributed by atoms with Crippen molar-refractivity contribution in [2.24, 2.45) is 0 Å². The molecule has 1 aliphatic heterocycles. The number of ether oxygens (including phenoxy) is 2. The van der Waals surface area contributed by atoms with Gasteiger partial charge in [-0.3, -0.25) is 9.36 Å². The van der Waals surface area contributed by atoms with E-state index in [-0.39, 0.29) is 24.9 Å². The molecule has 8 heteroatoms. The van der Waals surface area contributed by atoms with Gasteiger partial charge in [-0.15, -0.1) is 0 Å². The quantitative estimate of drug-likeness (QED) is 0.195. The molecule has 0 spiro atoms. The molecule has 2 atom stereocenters. The third kappa shape index (κ3) is 13.0. The van der Waals surface area contributed by atoms with Gasteiger partial charge in [0.1, 0.15) is 5.82 Å². The highest BCUT2D eigenvalue weighted by Crippen LogP contribution is 2.19. The van der Waals surface area contributed by atoms with E-state index in [0.717, 1.165) is 19.3 Å². The summed E-state index contributed by atoms with van der Waals surface area (Å²) >= 11 is 0. The van der Waals surface area contributed by atoms with Crippen molar-refractivity contribution in [3.63, 3.8) is 0 Å². The van der Waals surface area contributed by atoms with Gasteiger partial charge < -0.3 is 19.9 Å². The Morgan fingerprint density at radius 3 is 1.94 bits per heavy atom. The Bertz CT molecular complexity index is 770. The number of hydrogen-bond acceptors (Lipinski definition) is 6. The molecule has 0 aromatic carbocycles. The Labute approximate surface area is 217 Å². The summed E-state index contributed by atoms with van der Waals surface area (Å²) in [5, 5.41) is 11.8. The van der Waals surface area contributed by atoms with E-state index in [1.807, 2.05) is 0 Å². The number of aliphatic hydroxyl groups is 1. The molecule has 2 heterocycles. The normalized spacial score (nSPS) is 17.5. The van der Waals surface area contributed by atoms with E-state index in [9.17, 15) is 9.59 Å². The van der Waals surface area contributed by atoms with E-state index < -0.39 is 18.2 Å². The van der Waals surface area contributed by atoms with Crippen molar-refractivity contribution < 1.29 is 19.4 Å². The summed E-state index contributed by atoms with van der Waals surface area (Å²) in [5.41, 5.74) is -0.530. The summed E-state index contributed by atoms with van der Waals surface area (Å²) in [5.74, 6) is 0.118. The average Bonchev–Trinajstić information content (AvgIpc) is 3.35. The standard InChI is InChI=1S/C28H49N3O5/c1-2-3-4-5-6-7-8-9-10-11-12-13-14-15-16-17-18-19-25(33)29-24-20-21-31(28(34)30-24)26-23-35-27(22-32)36-26/h20-21,26-27,32H,2-19,22-23H2,1H3,(H,29,30,33,34)/t26-,27-/m0/s1. The lowest BCUT2D eigenvalue weighted by Gasteiger charge is -2.12. The van der Waals surface area contributed by atoms with E-state index in [1.54, 1.807) is 6.07 Å². The lowest BCUT2D eigenvalue weighted by Crippen LogP contribution is -2.29. The largest absolute Gasteiger partial charge is 0.391 e. The zero-order valence-corrected chi connectivity index (χ0v) is 22.4. The highest BCUT2D eigenvalue weighted by molar-refractivity contribution is 5.89. The Hall–Kier alpha value is -1.77. The Morgan fingerprint density at radius 2 is 1.47 bits per heavy atom. The highest BCUT2D eigenvalue weighted by Gasteiger charge is 2.27. The number of aromatic nitrogens is 2. The summed E-state index contributed by atoms with van der Waals surface area (Å²) < 4.78 is 11.9. The van der Waals surface area contributed by atoms with Crippen LogP contribution in [0.5, 0.6) is 0 Å². The van der Waals surface area contributed by atoms with Crippen LogP contribution >= 0.6 is 0 Å². The molecule has 0 unspecified atom stereocenters. The topological polar surface area (TPSA) is 103 Å². The molecule has 2 rings (SSSR count). The first-order chi connectivity index (χ1) is 17.6. The van der Waals surface area contributed by atoms with Gasteiger partial charge >= 0.3 is 5.69 Å².